The van der Waals surface area contributed by atoms with Crippen molar-refractivity contribution < 1.29 is 0 Å². The van der Waals surface area contributed by atoms with Gasteiger partial charge in [-0.25, -0.2) is 0 Å². The Bertz CT molecular complexity index is 168. The van der Waals surface area contributed by atoms with Crippen molar-refractivity contribution in [3.05, 3.63) is 0 Å². The van der Waals surface area contributed by atoms with Gasteiger partial charge in [0, 0.05) is 24.2 Å². The summed E-state index contributed by atoms with van der Waals surface area (Å²) in [5, 5.41) is 3.59. The maximum Gasteiger partial charge on any atom is 0.0218 e. The predicted molar refractivity (Wildman–Crippen MR) is 62.6 cm³/mol. The summed E-state index contributed by atoms with van der Waals surface area (Å²) < 4.78 is 0. The van der Waals surface area contributed by atoms with Crippen molar-refractivity contribution in [2.75, 3.05) is 13.6 Å². The molecule has 1 atom stereocenters. The lowest BCUT2D eigenvalue weighted by Crippen LogP contribution is -2.46. The number of likely N-dealkylation sites (N-methyl/N-ethyl adjacent to an activating group) is 1. The third-order valence-corrected chi connectivity index (χ3v) is 3.04. The lowest BCUT2D eigenvalue weighted by atomic mass is 10.1. The van der Waals surface area contributed by atoms with E-state index in [2.05, 4.69) is 45.0 Å². The van der Waals surface area contributed by atoms with E-state index >= 15 is 0 Å². The molecule has 1 saturated carbocycles. The first kappa shape index (κ1) is 12.0. The number of nitrogens with zero attached hydrogens (tertiary/aromatic N) is 1. The fourth-order valence-electron chi connectivity index (χ4n) is 1.78. The Balaban J connectivity index is 2.30. The molecule has 0 spiro atoms. The van der Waals surface area contributed by atoms with Crippen LogP contribution in [0.25, 0.3) is 0 Å². The van der Waals surface area contributed by atoms with Gasteiger partial charge in [0.1, 0.15) is 0 Å². The molecule has 0 bridgehead atoms. The second-order valence-electron chi connectivity index (χ2n) is 5.59. The summed E-state index contributed by atoms with van der Waals surface area (Å²) in [5.41, 5.74) is 0.248. The molecule has 0 aromatic rings. The lowest BCUT2D eigenvalue weighted by molar-refractivity contribution is 0.207. The first-order valence-electron chi connectivity index (χ1n) is 5.91. The van der Waals surface area contributed by atoms with Crippen LogP contribution in [0.1, 0.15) is 47.0 Å². The average molecular weight is 198 g/mol. The minimum Gasteiger partial charge on any atom is -0.311 e. The van der Waals surface area contributed by atoms with Crippen LogP contribution in [0.15, 0.2) is 0 Å². The third kappa shape index (κ3) is 3.97. The molecule has 1 fully saturated rings. The van der Waals surface area contributed by atoms with E-state index in [-0.39, 0.29) is 5.54 Å². The molecule has 1 aliphatic carbocycles. The van der Waals surface area contributed by atoms with Gasteiger partial charge in [0.05, 0.1) is 0 Å². The summed E-state index contributed by atoms with van der Waals surface area (Å²) >= 11 is 0. The van der Waals surface area contributed by atoms with Crippen LogP contribution in [0.4, 0.5) is 0 Å². The topological polar surface area (TPSA) is 15.3 Å². The molecule has 0 saturated heterocycles. The highest BCUT2D eigenvalue weighted by molar-refractivity contribution is 4.87. The third-order valence-electron chi connectivity index (χ3n) is 3.04. The highest BCUT2D eigenvalue weighted by Gasteiger charge is 2.30. The zero-order valence-corrected chi connectivity index (χ0v) is 10.4. The van der Waals surface area contributed by atoms with Crippen LogP contribution >= 0.6 is 0 Å². The summed E-state index contributed by atoms with van der Waals surface area (Å²) in [6.45, 7) is 10.1. The second kappa shape index (κ2) is 4.63. The molecule has 1 unspecified atom stereocenters. The van der Waals surface area contributed by atoms with Crippen molar-refractivity contribution >= 4 is 0 Å². The summed E-state index contributed by atoms with van der Waals surface area (Å²) in [7, 11) is 2.27. The molecule has 84 valence electrons. The first-order chi connectivity index (χ1) is 6.44. The molecule has 0 radical (unpaired) electrons. The van der Waals surface area contributed by atoms with Crippen molar-refractivity contribution in [1.29, 1.82) is 0 Å². The number of rotatable bonds is 5. The number of nitrogens with one attached hydrogen (secondary N) is 1. The Morgan fingerprint density at radius 1 is 1.36 bits per heavy atom. The SMILES string of the molecule is CCC(CNC(C)(C)C)N(C)C1CC1. The molecule has 0 aromatic carbocycles. The average Bonchev–Trinajstić information content (AvgIpc) is 2.85. The fraction of sp³-hybridized carbons (Fsp3) is 1.00. The van der Waals surface area contributed by atoms with E-state index in [0.717, 1.165) is 12.6 Å². The maximum absolute atomic E-state index is 3.59. The van der Waals surface area contributed by atoms with E-state index in [9.17, 15) is 0 Å². The van der Waals surface area contributed by atoms with Crippen molar-refractivity contribution in [2.45, 2.75) is 64.6 Å². The van der Waals surface area contributed by atoms with E-state index in [1.807, 2.05) is 0 Å². The van der Waals surface area contributed by atoms with Crippen molar-refractivity contribution in [2.24, 2.45) is 0 Å². The van der Waals surface area contributed by atoms with Crippen LogP contribution in [0.5, 0.6) is 0 Å². The summed E-state index contributed by atoms with van der Waals surface area (Å²) in [6, 6.07) is 1.59. The second-order valence-corrected chi connectivity index (χ2v) is 5.59. The van der Waals surface area contributed by atoms with Gasteiger partial charge >= 0.3 is 0 Å². The van der Waals surface area contributed by atoms with Crippen LogP contribution in [0.2, 0.25) is 0 Å². The van der Waals surface area contributed by atoms with Gasteiger partial charge in [-0.3, -0.25) is 4.90 Å². The van der Waals surface area contributed by atoms with Crippen LogP contribution in [-0.4, -0.2) is 36.1 Å². The molecular weight excluding hydrogens is 172 g/mol. The van der Waals surface area contributed by atoms with Gasteiger partial charge < -0.3 is 5.32 Å². The van der Waals surface area contributed by atoms with Gasteiger partial charge in [0.2, 0.25) is 0 Å². The molecule has 1 aliphatic rings. The van der Waals surface area contributed by atoms with Crippen LogP contribution < -0.4 is 5.32 Å². The molecule has 14 heavy (non-hydrogen) atoms. The van der Waals surface area contributed by atoms with E-state index in [1.165, 1.54) is 19.3 Å². The fourth-order valence-corrected chi connectivity index (χ4v) is 1.78. The highest BCUT2D eigenvalue weighted by atomic mass is 15.2. The van der Waals surface area contributed by atoms with Gasteiger partial charge in [-0.2, -0.15) is 0 Å². The Morgan fingerprint density at radius 2 is 1.93 bits per heavy atom. The molecule has 1 rings (SSSR count). The standard InChI is InChI=1S/C12H26N2/c1-6-10(9-13-12(2,3)4)14(5)11-7-8-11/h10-11,13H,6-9H2,1-5H3. The van der Waals surface area contributed by atoms with E-state index in [4.69, 9.17) is 0 Å². The summed E-state index contributed by atoms with van der Waals surface area (Å²) in [5.74, 6) is 0. The molecule has 1 N–H and O–H groups in total. The molecule has 0 aromatic heterocycles. The quantitative estimate of drug-likeness (QED) is 0.729. The predicted octanol–water partition coefficient (Wildman–Crippen LogP) is 2.25. The number of hydrogen-bond donors (Lipinski definition) is 1. The van der Waals surface area contributed by atoms with Crippen molar-refractivity contribution in [3.8, 4) is 0 Å². The summed E-state index contributed by atoms with van der Waals surface area (Å²) in [4.78, 5) is 2.55. The molecular formula is C12H26N2. The van der Waals surface area contributed by atoms with E-state index in [0.29, 0.717) is 6.04 Å². The minimum absolute atomic E-state index is 0.248. The van der Waals surface area contributed by atoms with E-state index < -0.39 is 0 Å². The molecule has 0 aliphatic heterocycles. The van der Waals surface area contributed by atoms with Gasteiger partial charge in [0.15, 0.2) is 0 Å². The lowest BCUT2D eigenvalue weighted by Gasteiger charge is -2.31. The van der Waals surface area contributed by atoms with Crippen molar-refractivity contribution in [1.82, 2.24) is 10.2 Å². The van der Waals surface area contributed by atoms with Crippen LogP contribution in [0.3, 0.4) is 0 Å². The Morgan fingerprint density at radius 3 is 2.29 bits per heavy atom. The van der Waals surface area contributed by atoms with Gasteiger partial charge in [-0.15, -0.1) is 0 Å². The largest absolute Gasteiger partial charge is 0.311 e. The zero-order chi connectivity index (χ0) is 10.8. The Labute approximate surface area is 89.1 Å². The van der Waals surface area contributed by atoms with Gasteiger partial charge in [-0.05, 0) is 47.1 Å². The van der Waals surface area contributed by atoms with Gasteiger partial charge in [-0.1, -0.05) is 6.92 Å². The molecule has 2 heteroatoms. The number of hydrogen-bond acceptors (Lipinski definition) is 2. The first-order valence-corrected chi connectivity index (χ1v) is 5.91. The smallest absolute Gasteiger partial charge is 0.0218 e. The van der Waals surface area contributed by atoms with Crippen LogP contribution in [0, 0.1) is 0 Å². The summed E-state index contributed by atoms with van der Waals surface area (Å²) in [6.07, 6.45) is 4.06. The van der Waals surface area contributed by atoms with Gasteiger partial charge in [0.25, 0.3) is 0 Å². The van der Waals surface area contributed by atoms with E-state index in [1.54, 1.807) is 0 Å². The monoisotopic (exact) mass is 198 g/mol. The van der Waals surface area contributed by atoms with Crippen LogP contribution in [-0.2, 0) is 0 Å². The highest BCUT2D eigenvalue weighted by Crippen LogP contribution is 2.27. The Kier molecular flexibility index (Phi) is 3.96. The molecule has 0 amide bonds. The van der Waals surface area contributed by atoms with Crippen molar-refractivity contribution in [3.63, 3.8) is 0 Å². The minimum atomic E-state index is 0.248. The normalized spacial score (nSPS) is 20.1. The maximum atomic E-state index is 3.59. The molecule has 2 nitrogen and oxygen atoms in total. The zero-order valence-electron chi connectivity index (χ0n) is 10.4. The molecule has 0 heterocycles. The Hall–Kier alpha value is -0.0800.